The number of benzene rings is 1. The van der Waals surface area contributed by atoms with Crippen LogP contribution in [0.2, 0.25) is 0 Å². The lowest BCUT2D eigenvalue weighted by Crippen LogP contribution is -2.32. The fourth-order valence-corrected chi connectivity index (χ4v) is 2.32. The highest BCUT2D eigenvalue weighted by Gasteiger charge is 2.35. The smallest absolute Gasteiger partial charge is 0.269 e. The van der Waals surface area contributed by atoms with Crippen LogP contribution in [0.5, 0.6) is 0 Å². The monoisotopic (exact) mass is 263 g/mol. The number of carbonyl (C=O) groups excluding carboxylic acids is 1. The average molecular weight is 263 g/mol. The second kappa shape index (κ2) is 5.36. The summed E-state index contributed by atoms with van der Waals surface area (Å²) in [5.41, 5.74) is 7.07. The minimum absolute atomic E-state index is 0.0302. The lowest BCUT2D eigenvalue weighted by Gasteiger charge is -2.17. The summed E-state index contributed by atoms with van der Waals surface area (Å²) in [4.78, 5) is 24.0. The molecule has 0 saturated heterocycles. The molecule has 1 atom stereocenters. The summed E-state index contributed by atoms with van der Waals surface area (Å²) in [6, 6.07) is 3.65. The zero-order valence-electron chi connectivity index (χ0n) is 10.8. The molecule has 1 aromatic rings. The van der Waals surface area contributed by atoms with Gasteiger partial charge in [0.25, 0.3) is 5.69 Å². The maximum atomic E-state index is 12.1. The summed E-state index contributed by atoms with van der Waals surface area (Å²) < 4.78 is 0. The van der Waals surface area contributed by atoms with E-state index in [1.165, 1.54) is 12.1 Å². The van der Waals surface area contributed by atoms with Gasteiger partial charge < -0.3 is 10.6 Å². The van der Waals surface area contributed by atoms with Crippen LogP contribution in [0.3, 0.4) is 0 Å². The maximum Gasteiger partial charge on any atom is 0.269 e. The Morgan fingerprint density at radius 1 is 1.42 bits per heavy atom. The van der Waals surface area contributed by atoms with Gasteiger partial charge in [0, 0.05) is 29.9 Å². The van der Waals surface area contributed by atoms with E-state index in [1.807, 2.05) is 0 Å². The lowest BCUT2D eigenvalue weighted by atomic mass is 10.1. The van der Waals surface area contributed by atoms with E-state index in [9.17, 15) is 14.9 Å². The Kier molecular flexibility index (Phi) is 3.80. The Bertz CT molecular complexity index is 516. The number of rotatable bonds is 5. The molecule has 6 nitrogen and oxygen atoms in total. The van der Waals surface area contributed by atoms with Crippen molar-refractivity contribution in [3.8, 4) is 0 Å². The number of nitro groups is 1. The third-order valence-corrected chi connectivity index (χ3v) is 3.37. The standard InChI is InChI=1S/C13H17N3O3/c1-2-3-4-7-15-11-6-5-9(16(18)19)8-10(11)12(14)13(15)17/h5-6,8,12H,2-4,7,14H2,1H3. The van der Waals surface area contributed by atoms with Gasteiger partial charge in [0.05, 0.1) is 4.92 Å². The van der Waals surface area contributed by atoms with Gasteiger partial charge in [-0.1, -0.05) is 19.8 Å². The Hall–Kier alpha value is -1.95. The van der Waals surface area contributed by atoms with E-state index in [2.05, 4.69) is 6.92 Å². The molecule has 0 saturated carbocycles. The summed E-state index contributed by atoms with van der Waals surface area (Å²) in [5.74, 6) is -0.174. The Morgan fingerprint density at radius 3 is 2.79 bits per heavy atom. The zero-order valence-corrected chi connectivity index (χ0v) is 10.8. The first-order valence-corrected chi connectivity index (χ1v) is 6.41. The zero-order chi connectivity index (χ0) is 14.0. The predicted octanol–water partition coefficient (Wildman–Crippen LogP) is 2.13. The molecular formula is C13H17N3O3. The quantitative estimate of drug-likeness (QED) is 0.500. The Labute approximate surface area is 111 Å². The largest absolute Gasteiger partial charge is 0.316 e. The van der Waals surface area contributed by atoms with Crippen LogP contribution in [0.4, 0.5) is 11.4 Å². The normalized spacial score (nSPS) is 17.7. The van der Waals surface area contributed by atoms with Crippen molar-refractivity contribution in [3.63, 3.8) is 0 Å². The van der Waals surface area contributed by atoms with E-state index >= 15 is 0 Å². The molecular weight excluding hydrogens is 246 g/mol. The Balaban J connectivity index is 2.28. The number of hydrogen-bond donors (Lipinski definition) is 1. The molecule has 19 heavy (non-hydrogen) atoms. The second-order valence-corrected chi connectivity index (χ2v) is 4.67. The number of amides is 1. The van der Waals surface area contributed by atoms with E-state index < -0.39 is 11.0 Å². The molecule has 1 aliphatic heterocycles. The molecule has 0 fully saturated rings. The summed E-state index contributed by atoms with van der Waals surface area (Å²) >= 11 is 0. The molecule has 6 heteroatoms. The molecule has 1 aromatic carbocycles. The van der Waals surface area contributed by atoms with Crippen LogP contribution in [0.25, 0.3) is 0 Å². The van der Waals surface area contributed by atoms with Crippen LogP contribution in [0.15, 0.2) is 18.2 Å². The van der Waals surface area contributed by atoms with Gasteiger partial charge in [-0.3, -0.25) is 14.9 Å². The molecule has 0 spiro atoms. The van der Waals surface area contributed by atoms with Crippen molar-refractivity contribution >= 4 is 17.3 Å². The molecule has 102 valence electrons. The predicted molar refractivity (Wildman–Crippen MR) is 71.9 cm³/mol. The van der Waals surface area contributed by atoms with Crippen LogP contribution >= 0.6 is 0 Å². The molecule has 1 amide bonds. The summed E-state index contributed by atoms with van der Waals surface area (Å²) in [7, 11) is 0. The van der Waals surface area contributed by atoms with Crippen molar-refractivity contribution in [1.82, 2.24) is 0 Å². The van der Waals surface area contributed by atoms with Gasteiger partial charge >= 0.3 is 0 Å². The van der Waals surface area contributed by atoms with Crippen molar-refractivity contribution in [3.05, 3.63) is 33.9 Å². The third kappa shape index (κ3) is 2.44. The number of fused-ring (bicyclic) bond motifs is 1. The van der Waals surface area contributed by atoms with Crippen LogP contribution in [-0.4, -0.2) is 17.4 Å². The first-order chi connectivity index (χ1) is 9.06. The van der Waals surface area contributed by atoms with E-state index in [0.29, 0.717) is 17.8 Å². The molecule has 2 N–H and O–H groups in total. The molecule has 1 aliphatic rings. The SMILES string of the molecule is CCCCCN1C(=O)C(N)c2cc([N+](=O)[O-])ccc21. The summed E-state index contributed by atoms with van der Waals surface area (Å²) in [6.07, 6.45) is 3.02. The van der Waals surface area contributed by atoms with Gasteiger partial charge in [-0.25, -0.2) is 0 Å². The van der Waals surface area contributed by atoms with E-state index in [1.54, 1.807) is 11.0 Å². The fraction of sp³-hybridized carbons (Fsp3) is 0.462. The molecule has 0 bridgehead atoms. The van der Waals surface area contributed by atoms with E-state index in [0.717, 1.165) is 19.3 Å². The van der Waals surface area contributed by atoms with E-state index in [-0.39, 0.29) is 11.6 Å². The Morgan fingerprint density at radius 2 is 2.16 bits per heavy atom. The molecule has 2 rings (SSSR count). The number of nitro benzene ring substituents is 1. The molecule has 0 radical (unpaired) electrons. The maximum absolute atomic E-state index is 12.1. The van der Waals surface area contributed by atoms with Crippen molar-refractivity contribution in [2.45, 2.75) is 32.2 Å². The van der Waals surface area contributed by atoms with Crippen LogP contribution in [0, 0.1) is 10.1 Å². The van der Waals surface area contributed by atoms with Crippen molar-refractivity contribution in [1.29, 1.82) is 0 Å². The summed E-state index contributed by atoms with van der Waals surface area (Å²) in [6.45, 7) is 2.71. The van der Waals surface area contributed by atoms with Crippen molar-refractivity contribution < 1.29 is 9.72 Å². The van der Waals surface area contributed by atoms with Crippen LogP contribution < -0.4 is 10.6 Å². The third-order valence-electron chi connectivity index (χ3n) is 3.37. The van der Waals surface area contributed by atoms with E-state index in [4.69, 9.17) is 5.73 Å². The molecule has 0 aliphatic carbocycles. The lowest BCUT2D eigenvalue weighted by molar-refractivity contribution is -0.384. The second-order valence-electron chi connectivity index (χ2n) is 4.67. The van der Waals surface area contributed by atoms with Gasteiger partial charge in [0.15, 0.2) is 0 Å². The average Bonchev–Trinajstić information content (AvgIpc) is 2.63. The minimum atomic E-state index is -0.781. The highest BCUT2D eigenvalue weighted by atomic mass is 16.6. The first kappa shape index (κ1) is 13.5. The summed E-state index contributed by atoms with van der Waals surface area (Å²) in [5, 5.41) is 10.7. The highest BCUT2D eigenvalue weighted by Crippen LogP contribution is 2.36. The molecule has 1 unspecified atom stereocenters. The number of hydrogen-bond acceptors (Lipinski definition) is 4. The van der Waals surface area contributed by atoms with Crippen molar-refractivity contribution in [2.75, 3.05) is 11.4 Å². The number of carbonyl (C=O) groups is 1. The highest BCUT2D eigenvalue weighted by molar-refractivity contribution is 6.04. The topological polar surface area (TPSA) is 89.5 Å². The molecule has 1 heterocycles. The van der Waals surface area contributed by atoms with Gasteiger partial charge in [-0.05, 0) is 12.5 Å². The van der Waals surface area contributed by atoms with Gasteiger partial charge in [0.1, 0.15) is 6.04 Å². The molecule has 0 aromatic heterocycles. The van der Waals surface area contributed by atoms with Gasteiger partial charge in [-0.2, -0.15) is 0 Å². The number of non-ortho nitro benzene ring substituents is 1. The first-order valence-electron chi connectivity index (χ1n) is 6.41. The van der Waals surface area contributed by atoms with Gasteiger partial charge in [0.2, 0.25) is 5.91 Å². The minimum Gasteiger partial charge on any atom is -0.316 e. The fourth-order valence-electron chi connectivity index (χ4n) is 2.32. The van der Waals surface area contributed by atoms with Crippen molar-refractivity contribution in [2.24, 2.45) is 5.73 Å². The number of unbranched alkanes of at least 4 members (excludes halogenated alkanes) is 2. The van der Waals surface area contributed by atoms with Gasteiger partial charge in [-0.15, -0.1) is 0 Å². The number of nitrogens with two attached hydrogens (primary N) is 1. The van der Waals surface area contributed by atoms with Crippen LogP contribution in [0.1, 0.15) is 37.8 Å². The van der Waals surface area contributed by atoms with Crippen LogP contribution in [-0.2, 0) is 4.79 Å². The number of anilines is 1. The number of nitrogens with zero attached hydrogens (tertiary/aromatic N) is 2.